The second kappa shape index (κ2) is 38.8. The van der Waals surface area contributed by atoms with Crippen molar-refractivity contribution in [3.05, 3.63) is 60.8 Å². The average Bonchev–Trinajstić information content (AvgIpc) is 3.26. The van der Waals surface area contributed by atoms with Crippen molar-refractivity contribution < 1.29 is 63.1 Å². The van der Waals surface area contributed by atoms with E-state index in [0.717, 1.165) is 77.0 Å². The summed E-state index contributed by atoms with van der Waals surface area (Å²) in [5, 5.41) is 50.2. The minimum atomic E-state index is -5.13. The second-order valence-corrected chi connectivity index (χ2v) is 18.0. The van der Waals surface area contributed by atoms with Crippen molar-refractivity contribution in [2.45, 2.75) is 224 Å². The molecule has 1 rings (SSSR count). The smallest absolute Gasteiger partial charge is 0.462 e. The average molecular weight is 913 g/mol. The fourth-order valence-electron chi connectivity index (χ4n) is 6.98. The lowest BCUT2D eigenvalue weighted by Crippen LogP contribution is -2.64. The summed E-state index contributed by atoms with van der Waals surface area (Å²) in [5.74, 6) is -1.14. The van der Waals surface area contributed by atoms with E-state index in [-0.39, 0.29) is 12.8 Å². The molecule has 364 valence electrons. The molecule has 1 fully saturated rings. The van der Waals surface area contributed by atoms with E-state index in [1.165, 1.54) is 64.2 Å². The van der Waals surface area contributed by atoms with Gasteiger partial charge in [-0.15, -0.1) is 0 Å². The number of allylic oxidation sites excluding steroid dienone is 10. The Kier molecular flexibility index (Phi) is 36.1. The van der Waals surface area contributed by atoms with Crippen LogP contribution in [0.2, 0.25) is 0 Å². The molecule has 1 aliphatic rings. The monoisotopic (exact) mass is 913 g/mol. The van der Waals surface area contributed by atoms with Crippen LogP contribution in [0.1, 0.15) is 181 Å². The van der Waals surface area contributed by atoms with Gasteiger partial charge in [0.2, 0.25) is 0 Å². The van der Waals surface area contributed by atoms with Crippen LogP contribution in [0.5, 0.6) is 0 Å². The van der Waals surface area contributed by atoms with Gasteiger partial charge >= 0.3 is 19.8 Å². The SMILES string of the molecule is CC/C=C\C/C=C\C/C=C\CCCCCC(=O)OC(COC(=O)CCCCCCCCCCC/C=C\C/C=C\CCCCCCC)COP(=O)(O)OC1C(O)C(O)C(O)C(O)C1O. The third kappa shape index (κ3) is 31.2. The highest BCUT2D eigenvalue weighted by molar-refractivity contribution is 7.47. The van der Waals surface area contributed by atoms with Crippen molar-refractivity contribution in [1.29, 1.82) is 0 Å². The van der Waals surface area contributed by atoms with Crippen LogP contribution >= 0.6 is 7.82 Å². The third-order valence-corrected chi connectivity index (χ3v) is 11.8. The summed E-state index contributed by atoms with van der Waals surface area (Å²) < 4.78 is 33.5. The number of ether oxygens (including phenoxy) is 2. The molecule has 14 heteroatoms. The zero-order chi connectivity index (χ0) is 46.4. The van der Waals surface area contributed by atoms with E-state index in [2.05, 4.69) is 74.6 Å². The van der Waals surface area contributed by atoms with Crippen LogP contribution in [0.4, 0.5) is 0 Å². The van der Waals surface area contributed by atoms with Crippen LogP contribution in [0.3, 0.4) is 0 Å². The summed E-state index contributed by atoms with van der Waals surface area (Å²) >= 11 is 0. The van der Waals surface area contributed by atoms with E-state index < -0.39 is 75.7 Å². The topological polar surface area (TPSA) is 210 Å². The molecule has 0 heterocycles. The van der Waals surface area contributed by atoms with E-state index in [0.29, 0.717) is 12.8 Å². The van der Waals surface area contributed by atoms with Crippen LogP contribution in [0, 0.1) is 0 Å². The van der Waals surface area contributed by atoms with Crippen LogP contribution in [-0.2, 0) is 32.7 Å². The number of carbonyl (C=O) groups is 2. The molecule has 0 radical (unpaired) electrons. The Labute approximate surface area is 379 Å². The highest BCUT2D eigenvalue weighted by atomic mass is 31.2. The van der Waals surface area contributed by atoms with Gasteiger partial charge in [0.05, 0.1) is 6.61 Å². The first kappa shape index (κ1) is 58.6. The van der Waals surface area contributed by atoms with E-state index in [1.807, 2.05) is 0 Å². The minimum Gasteiger partial charge on any atom is -0.462 e. The maximum Gasteiger partial charge on any atom is 0.472 e. The zero-order valence-electron chi connectivity index (χ0n) is 38.6. The number of aliphatic hydroxyl groups is 5. The lowest BCUT2D eigenvalue weighted by Gasteiger charge is -2.41. The molecule has 1 saturated carbocycles. The van der Waals surface area contributed by atoms with Gasteiger partial charge < -0.3 is 39.9 Å². The van der Waals surface area contributed by atoms with Crippen molar-refractivity contribution in [3.63, 3.8) is 0 Å². The molecule has 0 amide bonds. The molecule has 0 saturated heterocycles. The fraction of sp³-hybridized carbons (Fsp3) is 0.755. The Morgan fingerprint density at radius 3 is 1.40 bits per heavy atom. The van der Waals surface area contributed by atoms with Gasteiger partial charge in [-0.05, 0) is 77.0 Å². The summed E-state index contributed by atoms with van der Waals surface area (Å²) in [6.45, 7) is 3.14. The molecule has 0 aromatic carbocycles. The largest absolute Gasteiger partial charge is 0.472 e. The van der Waals surface area contributed by atoms with E-state index >= 15 is 0 Å². The number of hydrogen-bond donors (Lipinski definition) is 6. The van der Waals surface area contributed by atoms with Gasteiger partial charge in [-0.25, -0.2) is 4.57 Å². The molecular formula is C49H85O13P. The van der Waals surface area contributed by atoms with Gasteiger partial charge in [-0.2, -0.15) is 0 Å². The standard InChI is InChI=1S/C49H85O13P/c1-3-5-7-9-11-13-15-17-18-19-20-21-22-23-24-26-27-29-31-33-35-37-42(50)59-39-41(40-60-63(57,58)62-49-47(55)45(53)44(52)46(54)48(49)56)61-43(51)38-36-34-32-30-28-25-16-14-12-10-8-6-4-2/h6,8,12,14-15,17,19-20,25,28,41,44-49,52-56H,3-5,7,9-11,13,16,18,21-24,26-27,29-40H2,1-2H3,(H,57,58)/b8-6-,14-12-,17-15-,20-19-,28-25-. The maximum atomic E-state index is 12.8. The first-order chi connectivity index (χ1) is 30.4. The number of hydrogen-bond acceptors (Lipinski definition) is 12. The van der Waals surface area contributed by atoms with E-state index in [1.54, 1.807) is 0 Å². The molecule has 6 N–H and O–H groups in total. The maximum absolute atomic E-state index is 12.8. The van der Waals surface area contributed by atoms with Crippen molar-refractivity contribution in [2.75, 3.05) is 13.2 Å². The number of phosphoric acid groups is 1. The first-order valence-corrected chi connectivity index (χ1v) is 25.6. The highest BCUT2D eigenvalue weighted by Gasteiger charge is 2.51. The summed E-state index contributed by atoms with van der Waals surface area (Å²) in [5.41, 5.74) is 0. The van der Waals surface area contributed by atoms with Crippen LogP contribution in [0.15, 0.2) is 60.8 Å². The van der Waals surface area contributed by atoms with Gasteiger partial charge in [-0.1, -0.05) is 152 Å². The molecule has 1 aliphatic carbocycles. The van der Waals surface area contributed by atoms with Crippen LogP contribution < -0.4 is 0 Å². The molecule has 0 bridgehead atoms. The lowest BCUT2D eigenvalue weighted by atomic mass is 9.85. The molecule has 13 nitrogen and oxygen atoms in total. The molecular weight excluding hydrogens is 828 g/mol. The summed E-state index contributed by atoms with van der Waals surface area (Å²) in [7, 11) is -5.13. The highest BCUT2D eigenvalue weighted by Crippen LogP contribution is 2.47. The molecule has 0 spiro atoms. The van der Waals surface area contributed by atoms with Gasteiger partial charge in [0.1, 0.15) is 43.2 Å². The zero-order valence-corrected chi connectivity index (χ0v) is 39.5. The normalized spacial score (nSPS) is 22.2. The summed E-state index contributed by atoms with van der Waals surface area (Å²) in [4.78, 5) is 35.7. The Bertz CT molecular complexity index is 1330. The van der Waals surface area contributed by atoms with Gasteiger partial charge in [0, 0.05) is 12.8 Å². The second-order valence-electron chi connectivity index (χ2n) is 16.6. The molecule has 6 atom stereocenters. The first-order valence-electron chi connectivity index (χ1n) is 24.1. The number of unbranched alkanes of at least 4 members (excludes halogenated alkanes) is 17. The lowest BCUT2D eigenvalue weighted by molar-refractivity contribution is -0.220. The van der Waals surface area contributed by atoms with Crippen molar-refractivity contribution >= 4 is 19.8 Å². The Morgan fingerprint density at radius 2 is 0.905 bits per heavy atom. The van der Waals surface area contributed by atoms with Gasteiger partial charge in [0.25, 0.3) is 0 Å². The Balaban J connectivity index is 2.42. The predicted octanol–water partition coefficient (Wildman–Crippen LogP) is 9.73. The number of aliphatic hydroxyl groups excluding tert-OH is 5. The van der Waals surface area contributed by atoms with Gasteiger partial charge in [0.15, 0.2) is 6.10 Å². The summed E-state index contributed by atoms with van der Waals surface area (Å²) in [6, 6.07) is 0. The quantitative estimate of drug-likeness (QED) is 0.0147. The fourth-order valence-corrected chi connectivity index (χ4v) is 7.95. The van der Waals surface area contributed by atoms with E-state index in [9.17, 15) is 44.6 Å². The molecule has 6 unspecified atom stereocenters. The van der Waals surface area contributed by atoms with Gasteiger partial charge in [-0.3, -0.25) is 18.6 Å². The van der Waals surface area contributed by atoms with E-state index in [4.69, 9.17) is 18.5 Å². The Hall–Kier alpha value is -2.45. The molecule has 63 heavy (non-hydrogen) atoms. The molecule has 0 aromatic heterocycles. The molecule has 0 aromatic rings. The number of rotatable bonds is 39. The number of esters is 2. The van der Waals surface area contributed by atoms with Crippen LogP contribution in [-0.4, -0.2) is 98.3 Å². The van der Waals surface area contributed by atoms with Crippen molar-refractivity contribution in [2.24, 2.45) is 0 Å². The minimum absolute atomic E-state index is 0.0583. The third-order valence-electron chi connectivity index (χ3n) is 10.8. The van der Waals surface area contributed by atoms with Crippen molar-refractivity contribution in [3.8, 4) is 0 Å². The van der Waals surface area contributed by atoms with Crippen LogP contribution in [0.25, 0.3) is 0 Å². The summed E-state index contributed by atoms with van der Waals surface area (Å²) in [6.07, 6.45) is 34.2. The number of carbonyl (C=O) groups excluding carboxylic acids is 2. The Morgan fingerprint density at radius 1 is 0.508 bits per heavy atom. The van der Waals surface area contributed by atoms with Crippen molar-refractivity contribution in [1.82, 2.24) is 0 Å². The molecule has 0 aliphatic heterocycles. The predicted molar refractivity (Wildman–Crippen MR) is 249 cm³/mol. The number of phosphoric ester groups is 1.